The van der Waals surface area contributed by atoms with Crippen LogP contribution in [0.25, 0.3) is 0 Å². The summed E-state index contributed by atoms with van der Waals surface area (Å²) in [5.41, 5.74) is 5.94. The molecule has 2 rings (SSSR count). The number of anilines is 1. The van der Waals surface area contributed by atoms with Gasteiger partial charge in [-0.15, -0.1) is 0 Å². The van der Waals surface area contributed by atoms with E-state index in [1.54, 1.807) is 31.2 Å². The van der Waals surface area contributed by atoms with Crippen LogP contribution in [0.5, 0.6) is 0 Å². The van der Waals surface area contributed by atoms with Crippen molar-refractivity contribution in [3.05, 3.63) is 45.4 Å². The number of hydrogen-bond donors (Lipinski definition) is 1. The number of aromatic nitrogens is 1. The Morgan fingerprint density at radius 1 is 1.35 bits per heavy atom. The van der Waals surface area contributed by atoms with E-state index in [0.717, 1.165) is 11.3 Å². The molecule has 0 aliphatic heterocycles. The standard InChI is InChI=1S/C13H11ClN2O3S/c1-2-19-12(18)9-11(20-13(15)16-9)10(17)7-3-5-8(14)6-4-7/h3-6H,2H2,1H3,(H2,15,16). The lowest BCUT2D eigenvalue weighted by Gasteiger charge is -2.02. The molecule has 0 bridgehead atoms. The Morgan fingerprint density at radius 2 is 2.00 bits per heavy atom. The van der Waals surface area contributed by atoms with E-state index in [0.29, 0.717) is 10.6 Å². The first kappa shape index (κ1) is 14.5. The molecular formula is C13H11ClN2O3S. The molecule has 0 radical (unpaired) electrons. The molecule has 5 nitrogen and oxygen atoms in total. The molecule has 2 aromatic rings. The van der Waals surface area contributed by atoms with Crippen molar-refractivity contribution in [1.29, 1.82) is 0 Å². The highest BCUT2D eigenvalue weighted by Gasteiger charge is 2.24. The number of rotatable bonds is 4. The molecule has 0 saturated carbocycles. The summed E-state index contributed by atoms with van der Waals surface area (Å²) < 4.78 is 4.86. The van der Waals surface area contributed by atoms with Gasteiger partial charge in [0.05, 0.1) is 6.61 Å². The molecule has 1 aromatic heterocycles. The number of carbonyl (C=O) groups is 2. The van der Waals surface area contributed by atoms with Gasteiger partial charge in [-0.1, -0.05) is 22.9 Å². The van der Waals surface area contributed by atoms with Crippen molar-refractivity contribution >= 4 is 39.8 Å². The van der Waals surface area contributed by atoms with Crippen molar-refractivity contribution in [1.82, 2.24) is 4.98 Å². The first-order chi connectivity index (χ1) is 9.52. The number of thiazole rings is 1. The summed E-state index contributed by atoms with van der Waals surface area (Å²) in [7, 11) is 0. The Kier molecular flexibility index (Phi) is 4.36. The number of ether oxygens (including phenoxy) is 1. The van der Waals surface area contributed by atoms with Crippen LogP contribution in [0.15, 0.2) is 24.3 Å². The first-order valence-electron chi connectivity index (χ1n) is 5.76. The largest absolute Gasteiger partial charge is 0.461 e. The monoisotopic (exact) mass is 310 g/mol. The van der Waals surface area contributed by atoms with E-state index < -0.39 is 5.97 Å². The van der Waals surface area contributed by atoms with Gasteiger partial charge in [-0.2, -0.15) is 0 Å². The number of nitrogens with two attached hydrogens (primary N) is 1. The maximum Gasteiger partial charge on any atom is 0.358 e. The highest BCUT2D eigenvalue weighted by atomic mass is 35.5. The third kappa shape index (κ3) is 2.97. The second-order valence-electron chi connectivity index (χ2n) is 3.79. The Hall–Kier alpha value is -1.92. The van der Waals surface area contributed by atoms with Crippen LogP contribution in [-0.4, -0.2) is 23.3 Å². The van der Waals surface area contributed by atoms with E-state index in [-0.39, 0.29) is 28.1 Å². The van der Waals surface area contributed by atoms with Gasteiger partial charge >= 0.3 is 5.97 Å². The normalized spacial score (nSPS) is 10.3. The molecule has 0 spiro atoms. The fourth-order valence-corrected chi connectivity index (χ4v) is 2.47. The van der Waals surface area contributed by atoms with E-state index in [9.17, 15) is 9.59 Å². The van der Waals surface area contributed by atoms with Gasteiger partial charge in [0.1, 0.15) is 4.88 Å². The number of esters is 1. The quantitative estimate of drug-likeness (QED) is 0.693. The Morgan fingerprint density at radius 3 is 2.60 bits per heavy atom. The van der Waals surface area contributed by atoms with Crippen LogP contribution in [0.4, 0.5) is 5.13 Å². The Balaban J connectivity index is 2.39. The van der Waals surface area contributed by atoms with Crippen molar-refractivity contribution in [3.63, 3.8) is 0 Å². The van der Waals surface area contributed by atoms with Crippen LogP contribution in [0.1, 0.15) is 32.6 Å². The minimum absolute atomic E-state index is 0.0469. The maximum absolute atomic E-state index is 12.4. The first-order valence-corrected chi connectivity index (χ1v) is 6.96. The Bertz CT molecular complexity index is 652. The molecule has 1 heterocycles. The van der Waals surface area contributed by atoms with Gasteiger partial charge in [0.15, 0.2) is 10.8 Å². The number of halogens is 1. The van der Waals surface area contributed by atoms with Crippen molar-refractivity contribution in [2.24, 2.45) is 0 Å². The zero-order valence-electron chi connectivity index (χ0n) is 10.6. The summed E-state index contributed by atoms with van der Waals surface area (Å²) in [5.74, 6) is -0.989. The van der Waals surface area contributed by atoms with Gasteiger partial charge in [-0.3, -0.25) is 4.79 Å². The van der Waals surface area contributed by atoms with Crippen molar-refractivity contribution in [2.75, 3.05) is 12.3 Å². The van der Waals surface area contributed by atoms with E-state index in [2.05, 4.69) is 4.98 Å². The summed E-state index contributed by atoms with van der Waals surface area (Å²) >= 11 is 6.73. The van der Waals surface area contributed by atoms with Crippen molar-refractivity contribution in [3.8, 4) is 0 Å². The third-order valence-corrected chi connectivity index (χ3v) is 3.56. The summed E-state index contributed by atoms with van der Waals surface area (Å²) in [6.07, 6.45) is 0. The van der Waals surface area contributed by atoms with Gasteiger partial charge in [0.25, 0.3) is 0 Å². The van der Waals surface area contributed by atoms with Gasteiger partial charge in [0, 0.05) is 10.6 Å². The van der Waals surface area contributed by atoms with Crippen molar-refractivity contribution < 1.29 is 14.3 Å². The van der Waals surface area contributed by atoms with Crippen molar-refractivity contribution in [2.45, 2.75) is 6.92 Å². The molecule has 0 aliphatic rings. The van der Waals surface area contributed by atoms with Crippen LogP contribution < -0.4 is 5.73 Å². The number of ketones is 1. The smallest absolute Gasteiger partial charge is 0.358 e. The molecular weight excluding hydrogens is 300 g/mol. The summed E-state index contributed by atoms with van der Waals surface area (Å²) in [6, 6.07) is 6.36. The number of hydrogen-bond acceptors (Lipinski definition) is 6. The summed E-state index contributed by atoms with van der Waals surface area (Å²) in [6.45, 7) is 1.87. The summed E-state index contributed by atoms with van der Waals surface area (Å²) in [5, 5.41) is 0.668. The van der Waals surface area contributed by atoms with Gasteiger partial charge in [-0.25, -0.2) is 9.78 Å². The number of nitrogen functional groups attached to an aromatic ring is 1. The van der Waals surface area contributed by atoms with E-state index in [1.807, 2.05) is 0 Å². The molecule has 7 heteroatoms. The highest BCUT2D eigenvalue weighted by molar-refractivity contribution is 7.17. The lowest BCUT2D eigenvalue weighted by molar-refractivity contribution is 0.0518. The minimum Gasteiger partial charge on any atom is -0.461 e. The molecule has 0 amide bonds. The molecule has 0 atom stereocenters. The molecule has 2 N–H and O–H groups in total. The zero-order chi connectivity index (χ0) is 14.7. The van der Waals surface area contributed by atoms with Crippen LogP contribution in [-0.2, 0) is 4.74 Å². The minimum atomic E-state index is -0.655. The number of nitrogens with zero attached hydrogens (tertiary/aromatic N) is 1. The summed E-state index contributed by atoms with van der Waals surface area (Å²) in [4.78, 5) is 28.2. The average molecular weight is 311 g/mol. The van der Waals surface area contributed by atoms with Crippen LogP contribution in [0.3, 0.4) is 0 Å². The molecule has 0 saturated heterocycles. The lowest BCUT2D eigenvalue weighted by Crippen LogP contribution is -2.11. The predicted octanol–water partition coefficient (Wildman–Crippen LogP) is 2.79. The third-order valence-electron chi connectivity index (χ3n) is 2.43. The van der Waals surface area contributed by atoms with E-state index in [4.69, 9.17) is 22.1 Å². The zero-order valence-corrected chi connectivity index (χ0v) is 12.1. The SMILES string of the molecule is CCOC(=O)c1nc(N)sc1C(=O)c1ccc(Cl)cc1. The predicted molar refractivity (Wildman–Crippen MR) is 77.4 cm³/mol. The molecule has 0 unspecified atom stereocenters. The van der Waals surface area contributed by atoms with Crippen LogP contribution in [0.2, 0.25) is 5.02 Å². The highest BCUT2D eigenvalue weighted by Crippen LogP contribution is 2.25. The topological polar surface area (TPSA) is 82.3 Å². The number of benzene rings is 1. The van der Waals surface area contributed by atoms with E-state index >= 15 is 0 Å². The molecule has 104 valence electrons. The van der Waals surface area contributed by atoms with Gasteiger partial charge in [-0.05, 0) is 31.2 Å². The van der Waals surface area contributed by atoms with Gasteiger partial charge < -0.3 is 10.5 Å². The van der Waals surface area contributed by atoms with E-state index in [1.165, 1.54) is 0 Å². The lowest BCUT2D eigenvalue weighted by atomic mass is 10.1. The average Bonchev–Trinajstić information content (AvgIpc) is 2.81. The fourth-order valence-electron chi connectivity index (χ4n) is 1.56. The van der Waals surface area contributed by atoms with Crippen LogP contribution in [0, 0.1) is 0 Å². The fraction of sp³-hybridized carbons (Fsp3) is 0.154. The molecule has 0 aliphatic carbocycles. The number of carbonyl (C=O) groups excluding carboxylic acids is 2. The molecule has 1 aromatic carbocycles. The van der Waals surface area contributed by atoms with Crippen LogP contribution >= 0.6 is 22.9 Å². The second kappa shape index (κ2) is 6.02. The van der Waals surface area contributed by atoms with Gasteiger partial charge in [0.2, 0.25) is 5.78 Å². The Labute approximate surface area is 124 Å². The molecule has 20 heavy (non-hydrogen) atoms. The maximum atomic E-state index is 12.4. The second-order valence-corrected chi connectivity index (χ2v) is 5.25. The molecule has 0 fully saturated rings.